The minimum absolute atomic E-state index is 0.218. The Hall–Kier alpha value is -1.60. The fourth-order valence-corrected chi connectivity index (χ4v) is 1.49. The van der Waals surface area contributed by atoms with Gasteiger partial charge in [0.15, 0.2) is 0 Å². The van der Waals surface area contributed by atoms with Crippen LogP contribution in [0.1, 0.15) is 6.92 Å². The highest BCUT2D eigenvalue weighted by Gasteiger charge is 2.10. The SMILES string of the molecule is CCN(CC(C#N)NC)c1ccc(F)cc1. The second kappa shape index (κ2) is 6.09. The Morgan fingerprint density at radius 2 is 2.06 bits per heavy atom. The van der Waals surface area contributed by atoms with Crippen LogP contribution in [0.5, 0.6) is 0 Å². The molecule has 0 saturated heterocycles. The van der Waals surface area contributed by atoms with Crippen LogP contribution in [-0.2, 0) is 0 Å². The van der Waals surface area contributed by atoms with Crippen LogP contribution in [-0.4, -0.2) is 26.2 Å². The van der Waals surface area contributed by atoms with Crippen molar-refractivity contribution in [2.45, 2.75) is 13.0 Å². The summed E-state index contributed by atoms with van der Waals surface area (Å²) in [4.78, 5) is 2.03. The lowest BCUT2D eigenvalue weighted by molar-refractivity contribution is 0.625. The van der Waals surface area contributed by atoms with Gasteiger partial charge in [0.05, 0.1) is 6.07 Å². The van der Waals surface area contributed by atoms with Crippen LogP contribution in [0.2, 0.25) is 0 Å². The Labute approximate surface area is 95.5 Å². The molecule has 86 valence electrons. The number of hydrogen-bond donors (Lipinski definition) is 1. The standard InChI is InChI=1S/C12H16FN3/c1-3-16(9-11(8-14)15-2)12-6-4-10(13)5-7-12/h4-7,11,15H,3,9H2,1-2H3. The topological polar surface area (TPSA) is 39.1 Å². The van der Waals surface area contributed by atoms with Gasteiger partial charge in [0.25, 0.3) is 0 Å². The third-order valence-corrected chi connectivity index (χ3v) is 2.48. The maximum absolute atomic E-state index is 12.8. The lowest BCUT2D eigenvalue weighted by Crippen LogP contribution is -2.38. The first kappa shape index (κ1) is 12.5. The van der Waals surface area contributed by atoms with Gasteiger partial charge in [-0.3, -0.25) is 0 Å². The van der Waals surface area contributed by atoms with Gasteiger partial charge in [-0.2, -0.15) is 5.26 Å². The van der Waals surface area contributed by atoms with E-state index >= 15 is 0 Å². The molecule has 0 aliphatic carbocycles. The van der Waals surface area contributed by atoms with Crippen LogP contribution in [0.15, 0.2) is 24.3 Å². The van der Waals surface area contributed by atoms with E-state index in [9.17, 15) is 4.39 Å². The number of likely N-dealkylation sites (N-methyl/N-ethyl adjacent to an activating group) is 2. The zero-order valence-electron chi connectivity index (χ0n) is 9.57. The molecule has 1 N–H and O–H groups in total. The molecule has 0 amide bonds. The molecule has 1 unspecified atom stereocenters. The molecule has 1 aromatic carbocycles. The number of rotatable bonds is 5. The van der Waals surface area contributed by atoms with Crippen molar-refractivity contribution in [1.82, 2.24) is 5.32 Å². The third kappa shape index (κ3) is 3.21. The molecule has 0 aromatic heterocycles. The van der Waals surface area contributed by atoms with Crippen molar-refractivity contribution in [3.63, 3.8) is 0 Å². The van der Waals surface area contributed by atoms with Gasteiger partial charge in [0.2, 0.25) is 0 Å². The van der Waals surface area contributed by atoms with Gasteiger partial charge in [-0.25, -0.2) is 4.39 Å². The molecule has 4 heteroatoms. The fourth-order valence-electron chi connectivity index (χ4n) is 1.49. The molecular weight excluding hydrogens is 205 g/mol. The van der Waals surface area contributed by atoms with Crippen molar-refractivity contribution in [3.8, 4) is 6.07 Å². The second-order valence-electron chi connectivity index (χ2n) is 3.49. The van der Waals surface area contributed by atoms with Gasteiger partial charge in [0.1, 0.15) is 11.9 Å². The molecule has 1 atom stereocenters. The molecule has 0 bridgehead atoms. The van der Waals surface area contributed by atoms with E-state index in [1.54, 1.807) is 19.2 Å². The van der Waals surface area contributed by atoms with E-state index in [-0.39, 0.29) is 11.9 Å². The van der Waals surface area contributed by atoms with Gasteiger partial charge in [-0.05, 0) is 38.2 Å². The van der Waals surface area contributed by atoms with Crippen LogP contribution in [0.25, 0.3) is 0 Å². The van der Waals surface area contributed by atoms with Crippen molar-refractivity contribution < 1.29 is 4.39 Å². The Morgan fingerprint density at radius 1 is 1.44 bits per heavy atom. The zero-order chi connectivity index (χ0) is 12.0. The van der Waals surface area contributed by atoms with Gasteiger partial charge in [-0.15, -0.1) is 0 Å². The minimum atomic E-state index is -0.245. The molecule has 0 fully saturated rings. The van der Waals surface area contributed by atoms with E-state index < -0.39 is 0 Å². The number of hydrogen-bond acceptors (Lipinski definition) is 3. The third-order valence-electron chi connectivity index (χ3n) is 2.48. The molecule has 3 nitrogen and oxygen atoms in total. The summed E-state index contributed by atoms with van der Waals surface area (Å²) in [5, 5.41) is 11.8. The largest absolute Gasteiger partial charge is 0.369 e. The Kier molecular flexibility index (Phi) is 4.74. The summed E-state index contributed by atoms with van der Waals surface area (Å²) in [5.41, 5.74) is 0.930. The highest BCUT2D eigenvalue weighted by Crippen LogP contribution is 2.14. The highest BCUT2D eigenvalue weighted by atomic mass is 19.1. The van der Waals surface area contributed by atoms with Crippen molar-refractivity contribution in [3.05, 3.63) is 30.1 Å². The normalized spacial score (nSPS) is 11.9. The first-order valence-electron chi connectivity index (χ1n) is 5.28. The highest BCUT2D eigenvalue weighted by molar-refractivity contribution is 5.46. The summed E-state index contributed by atoms with van der Waals surface area (Å²) in [6.07, 6.45) is 0. The zero-order valence-corrected chi connectivity index (χ0v) is 9.57. The van der Waals surface area contributed by atoms with E-state index in [0.29, 0.717) is 6.54 Å². The molecule has 0 radical (unpaired) electrons. The summed E-state index contributed by atoms with van der Waals surface area (Å²) in [7, 11) is 1.76. The predicted molar refractivity (Wildman–Crippen MR) is 62.7 cm³/mol. The van der Waals surface area contributed by atoms with Crippen LogP contribution in [0, 0.1) is 17.1 Å². The van der Waals surface area contributed by atoms with Crippen molar-refractivity contribution in [1.29, 1.82) is 5.26 Å². The molecule has 1 rings (SSSR count). The number of halogens is 1. The molecular formula is C12H16FN3. The molecule has 0 aliphatic heterocycles. The van der Waals surface area contributed by atoms with Crippen molar-refractivity contribution >= 4 is 5.69 Å². The first-order valence-corrected chi connectivity index (χ1v) is 5.28. The van der Waals surface area contributed by atoms with Gasteiger partial charge >= 0.3 is 0 Å². The summed E-state index contributed by atoms with van der Waals surface area (Å²) in [6.45, 7) is 3.38. The first-order chi connectivity index (χ1) is 7.71. The summed E-state index contributed by atoms with van der Waals surface area (Å²) < 4.78 is 12.8. The Balaban J connectivity index is 2.75. The monoisotopic (exact) mass is 221 g/mol. The Morgan fingerprint density at radius 3 is 2.50 bits per heavy atom. The van der Waals surface area contributed by atoms with Crippen LogP contribution >= 0.6 is 0 Å². The predicted octanol–water partition coefficient (Wildman–Crippen LogP) is 1.76. The second-order valence-corrected chi connectivity index (χ2v) is 3.49. The van der Waals surface area contributed by atoms with E-state index in [1.807, 2.05) is 11.8 Å². The number of nitrogens with zero attached hydrogens (tertiary/aromatic N) is 2. The van der Waals surface area contributed by atoms with E-state index in [4.69, 9.17) is 5.26 Å². The lowest BCUT2D eigenvalue weighted by atomic mass is 10.2. The summed E-state index contributed by atoms with van der Waals surface area (Å²) in [6, 6.07) is 8.26. The maximum atomic E-state index is 12.8. The number of nitriles is 1. The molecule has 0 saturated carbocycles. The van der Waals surface area contributed by atoms with E-state index in [0.717, 1.165) is 12.2 Å². The lowest BCUT2D eigenvalue weighted by Gasteiger charge is -2.25. The average Bonchev–Trinajstić information content (AvgIpc) is 2.32. The molecule has 1 aromatic rings. The minimum Gasteiger partial charge on any atom is -0.369 e. The summed E-state index contributed by atoms with van der Waals surface area (Å²) >= 11 is 0. The smallest absolute Gasteiger partial charge is 0.123 e. The fraction of sp³-hybridized carbons (Fsp3) is 0.417. The van der Waals surface area contributed by atoms with Crippen LogP contribution in [0.3, 0.4) is 0 Å². The number of benzene rings is 1. The van der Waals surface area contributed by atoms with E-state index in [2.05, 4.69) is 11.4 Å². The number of nitrogens with one attached hydrogen (secondary N) is 1. The number of anilines is 1. The van der Waals surface area contributed by atoms with Crippen molar-refractivity contribution in [2.24, 2.45) is 0 Å². The maximum Gasteiger partial charge on any atom is 0.123 e. The van der Waals surface area contributed by atoms with Crippen LogP contribution in [0.4, 0.5) is 10.1 Å². The Bertz CT molecular complexity index is 356. The van der Waals surface area contributed by atoms with E-state index in [1.165, 1.54) is 12.1 Å². The van der Waals surface area contributed by atoms with Gasteiger partial charge in [-0.1, -0.05) is 0 Å². The summed E-state index contributed by atoms with van der Waals surface area (Å²) in [5.74, 6) is -0.245. The molecule has 16 heavy (non-hydrogen) atoms. The quantitative estimate of drug-likeness (QED) is 0.823. The average molecular weight is 221 g/mol. The van der Waals surface area contributed by atoms with Crippen molar-refractivity contribution in [2.75, 3.05) is 25.0 Å². The molecule has 0 heterocycles. The van der Waals surface area contributed by atoms with Gasteiger partial charge in [0, 0.05) is 18.8 Å². The van der Waals surface area contributed by atoms with Crippen LogP contribution < -0.4 is 10.2 Å². The molecule has 0 aliphatic rings. The molecule has 0 spiro atoms. The van der Waals surface area contributed by atoms with Gasteiger partial charge < -0.3 is 10.2 Å².